The molecule has 0 spiro atoms. The van der Waals surface area contributed by atoms with Crippen LogP contribution >= 0.6 is 0 Å². The van der Waals surface area contributed by atoms with E-state index < -0.39 is 11.6 Å². The molecule has 1 rings (SSSR count). The van der Waals surface area contributed by atoms with Crippen molar-refractivity contribution in [3.05, 3.63) is 24.5 Å². The standard InChI is InChI=1S/C11H17N5O/c1-11(2,3)15-10(17)16(9(12)13)8-5-4-6-14-7-8/h4-7H,1-3H3,(H3,12,13)(H,15,17). The molecule has 0 saturated heterocycles. The Morgan fingerprint density at radius 2 is 2.18 bits per heavy atom. The van der Waals surface area contributed by atoms with Gasteiger partial charge in [-0.3, -0.25) is 10.4 Å². The number of anilines is 1. The maximum absolute atomic E-state index is 12.0. The Morgan fingerprint density at radius 1 is 1.53 bits per heavy atom. The third-order valence-corrected chi connectivity index (χ3v) is 1.83. The van der Waals surface area contributed by atoms with Gasteiger partial charge in [0.05, 0.1) is 11.9 Å². The van der Waals surface area contributed by atoms with Crippen molar-refractivity contribution in [1.29, 1.82) is 5.41 Å². The summed E-state index contributed by atoms with van der Waals surface area (Å²) in [6.45, 7) is 5.56. The molecule has 17 heavy (non-hydrogen) atoms. The number of aromatic nitrogens is 1. The Hall–Kier alpha value is -2.11. The minimum atomic E-state index is -0.446. The number of nitrogens with two attached hydrogens (primary N) is 1. The second-order valence-electron chi connectivity index (χ2n) is 4.61. The van der Waals surface area contributed by atoms with Gasteiger partial charge in [0.1, 0.15) is 0 Å². The van der Waals surface area contributed by atoms with Gasteiger partial charge in [-0.15, -0.1) is 0 Å². The van der Waals surface area contributed by atoms with Crippen molar-refractivity contribution < 1.29 is 4.79 Å². The minimum absolute atomic E-state index is 0.347. The van der Waals surface area contributed by atoms with Crippen LogP contribution in [0.5, 0.6) is 0 Å². The highest BCUT2D eigenvalue weighted by atomic mass is 16.2. The fourth-order valence-corrected chi connectivity index (χ4v) is 1.23. The number of hydrogen-bond acceptors (Lipinski definition) is 3. The molecule has 1 aromatic rings. The van der Waals surface area contributed by atoms with Crippen molar-refractivity contribution >= 4 is 17.7 Å². The molecular weight excluding hydrogens is 218 g/mol. The second-order valence-corrected chi connectivity index (χ2v) is 4.61. The van der Waals surface area contributed by atoms with Gasteiger partial charge in [0.25, 0.3) is 0 Å². The quantitative estimate of drug-likeness (QED) is 0.505. The molecular formula is C11H17N5O. The van der Waals surface area contributed by atoms with Crippen LogP contribution in [0.1, 0.15) is 20.8 Å². The van der Waals surface area contributed by atoms with Gasteiger partial charge in [-0.25, -0.2) is 9.69 Å². The number of hydrogen-bond donors (Lipinski definition) is 3. The SMILES string of the molecule is CC(C)(C)NC(=O)N(C(=N)N)c1cccnc1. The first-order chi connectivity index (χ1) is 7.81. The summed E-state index contributed by atoms with van der Waals surface area (Å²) in [4.78, 5) is 16.9. The van der Waals surface area contributed by atoms with Gasteiger partial charge in [0.2, 0.25) is 5.96 Å². The van der Waals surface area contributed by atoms with Crippen molar-refractivity contribution in [3.8, 4) is 0 Å². The lowest BCUT2D eigenvalue weighted by molar-refractivity contribution is 0.240. The Balaban J connectivity index is 2.96. The summed E-state index contributed by atoms with van der Waals surface area (Å²) < 4.78 is 0. The van der Waals surface area contributed by atoms with Crippen LogP contribution in [0.25, 0.3) is 0 Å². The number of guanidine groups is 1. The highest BCUT2D eigenvalue weighted by Gasteiger charge is 2.23. The Bertz CT molecular complexity index is 410. The van der Waals surface area contributed by atoms with Gasteiger partial charge in [0.15, 0.2) is 0 Å². The number of carbonyl (C=O) groups excluding carboxylic acids is 1. The van der Waals surface area contributed by atoms with E-state index in [0.29, 0.717) is 5.69 Å². The molecule has 6 heteroatoms. The predicted molar refractivity (Wildman–Crippen MR) is 66.9 cm³/mol. The van der Waals surface area contributed by atoms with E-state index in [0.717, 1.165) is 4.90 Å². The fraction of sp³-hybridized carbons (Fsp3) is 0.364. The Kier molecular flexibility index (Phi) is 3.67. The molecule has 0 atom stereocenters. The van der Waals surface area contributed by atoms with Crippen LogP contribution in [0, 0.1) is 5.41 Å². The first-order valence-electron chi connectivity index (χ1n) is 5.17. The first kappa shape index (κ1) is 13.0. The molecule has 2 amide bonds. The monoisotopic (exact) mass is 235 g/mol. The zero-order valence-corrected chi connectivity index (χ0v) is 10.2. The van der Waals surface area contributed by atoms with Gasteiger partial charge in [-0.1, -0.05) is 0 Å². The fourth-order valence-electron chi connectivity index (χ4n) is 1.23. The van der Waals surface area contributed by atoms with Gasteiger partial charge in [0, 0.05) is 11.7 Å². The number of nitrogens with zero attached hydrogens (tertiary/aromatic N) is 2. The number of amides is 2. The highest BCUT2D eigenvalue weighted by Crippen LogP contribution is 2.12. The first-order valence-corrected chi connectivity index (χ1v) is 5.17. The molecule has 0 aliphatic rings. The average molecular weight is 235 g/mol. The summed E-state index contributed by atoms with van der Waals surface area (Å²) in [7, 11) is 0. The van der Waals surface area contributed by atoms with Crippen molar-refractivity contribution in [3.63, 3.8) is 0 Å². The lowest BCUT2D eigenvalue weighted by Gasteiger charge is -2.26. The molecule has 0 radical (unpaired) electrons. The van der Waals surface area contributed by atoms with Crippen molar-refractivity contribution in [2.24, 2.45) is 5.73 Å². The van der Waals surface area contributed by atoms with Crippen LogP contribution < -0.4 is 16.0 Å². The van der Waals surface area contributed by atoms with E-state index in [9.17, 15) is 4.79 Å². The van der Waals surface area contributed by atoms with E-state index in [1.165, 1.54) is 6.20 Å². The molecule has 1 aromatic heterocycles. The van der Waals surface area contributed by atoms with Gasteiger partial charge in [-0.2, -0.15) is 0 Å². The van der Waals surface area contributed by atoms with E-state index in [4.69, 9.17) is 11.1 Å². The van der Waals surface area contributed by atoms with Crippen LogP contribution in [0.15, 0.2) is 24.5 Å². The molecule has 0 unspecified atom stereocenters. The maximum atomic E-state index is 12.0. The van der Waals surface area contributed by atoms with Gasteiger partial charge >= 0.3 is 6.03 Å². The largest absolute Gasteiger partial charge is 0.369 e. The number of urea groups is 1. The van der Waals surface area contributed by atoms with Crippen molar-refractivity contribution in [2.75, 3.05) is 4.90 Å². The van der Waals surface area contributed by atoms with E-state index >= 15 is 0 Å². The van der Waals surface area contributed by atoms with Crippen LogP contribution in [0.3, 0.4) is 0 Å². The van der Waals surface area contributed by atoms with E-state index in [1.54, 1.807) is 18.3 Å². The summed E-state index contributed by atoms with van der Waals surface area (Å²) in [5.74, 6) is -0.347. The highest BCUT2D eigenvalue weighted by molar-refractivity contribution is 6.13. The maximum Gasteiger partial charge on any atom is 0.329 e. The summed E-state index contributed by atoms with van der Waals surface area (Å²) in [6.07, 6.45) is 3.06. The van der Waals surface area contributed by atoms with Crippen molar-refractivity contribution in [2.45, 2.75) is 26.3 Å². The van der Waals surface area contributed by atoms with Gasteiger partial charge in [-0.05, 0) is 32.9 Å². The molecule has 1 heterocycles. The lowest BCUT2D eigenvalue weighted by Crippen LogP contribution is -2.52. The second kappa shape index (κ2) is 4.82. The Labute approximate surface area is 100 Å². The van der Waals surface area contributed by atoms with Gasteiger partial charge < -0.3 is 11.1 Å². The normalized spacial score (nSPS) is 10.8. The van der Waals surface area contributed by atoms with Crippen LogP contribution in [-0.4, -0.2) is 22.5 Å². The minimum Gasteiger partial charge on any atom is -0.369 e. The number of carbonyl (C=O) groups is 1. The number of rotatable bonds is 1. The molecule has 6 nitrogen and oxygen atoms in total. The van der Waals surface area contributed by atoms with Crippen LogP contribution in [0.2, 0.25) is 0 Å². The predicted octanol–water partition coefficient (Wildman–Crippen LogP) is 1.29. The average Bonchev–Trinajstić information content (AvgIpc) is 2.15. The third kappa shape index (κ3) is 3.75. The molecule has 92 valence electrons. The van der Waals surface area contributed by atoms with Crippen molar-refractivity contribution in [1.82, 2.24) is 10.3 Å². The molecule has 0 bridgehead atoms. The smallest absolute Gasteiger partial charge is 0.329 e. The molecule has 0 aliphatic carbocycles. The summed E-state index contributed by atoms with van der Waals surface area (Å²) >= 11 is 0. The van der Waals surface area contributed by atoms with Crippen LogP contribution in [-0.2, 0) is 0 Å². The molecule has 0 fully saturated rings. The molecule has 0 saturated carbocycles. The molecule has 0 aromatic carbocycles. The summed E-state index contributed by atoms with van der Waals surface area (Å²) in [5, 5.41) is 10.2. The van der Waals surface area contributed by atoms with E-state index in [1.807, 2.05) is 20.8 Å². The topological polar surface area (TPSA) is 95.1 Å². The molecule has 0 aliphatic heterocycles. The van der Waals surface area contributed by atoms with E-state index in [2.05, 4.69) is 10.3 Å². The zero-order valence-electron chi connectivity index (χ0n) is 10.2. The third-order valence-electron chi connectivity index (χ3n) is 1.83. The summed E-state index contributed by atoms with van der Waals surface area (Å²) in [6, 6.07) is 2.89. The summed E-state index contributed by atoms with van der Waals surface area (Å²) in [5.41, 5.74) is 5.47. The van der Waals surface area contributed by atoms with E-state index in [-0.39, 0.29) is 5.96 Å². The zero-order chi connectivity index (χ0) is 13.1. The number of nitrogens with one attached hydrogen (secondary N) is 2. The Morgan fingerprint density at radius 3 is 2.59 bits per heavy atom. The number of pyridine rings is 1. The lowest BCUT2D eigenvalue weighted by atomic mass is 10.1. The molecule has 4 N–H and O–H groups in total. The van der Waals surface area contributed by atoms with Crippen LogP contribution in [0.4, 0.5) is 10.5 Å².